The molecule has 0 saturated carbocycles. The van der Waals surface area contributed by atoms with Gasteiger partial charge in [-0.1, -0.05) is 177 Å². The van der Waals surface area contributed by atoms with Crippen LogP contribution in [-0.4, -0.2) is 32.6 Å². The third-order valence-electron chi connectivity index (χ3n) is 18.4. The van der Waals surface area contributed by atoms with Gasteiger partial charge in [-0.15, -0.1) is 0 Å². The van der Waals surface area contributed by atoms with Crippen molar-refractivity contribution in [3.63, 3.8) is 0 Å². The second-order valence-corrected chi connectivity index (χ2v) is 34.0. The molecule has 0 spiro atoms. The number of ether oxygens (including phenoxy) is 2. The molecule has 0 aliphatic heterocycles. The van der Waals surface area contributed by atoms with Crippen molar-refractivity contribution in [3.8, 4) is 56.6 Å². The van der Waals surface area contributed by atoms with E-state index >= 15 is 8.78 Å². The second kappa shape index (κ2) is 26.4. The standard InChI is InChI=1S/C83H100F2N2O4.2CH3.Hf/c1-76(2,3)48-82(19,20)54-42-64(74(88)70(44-54)86-66-30-24-50(78(7,8)9)38-58(66)59-39-51(79(10,11)12)25-31-67(59)86)62-46-56(84)28-34-72(62)90-36-23-37-91-73-35-29-57(85)47-63(73)65-43-55(83(21,22)49-77(4,5)6)45-71(75(65)89)87-68-32-26-52(80(13,14)15)40-60(68)61-41-53(81(16,17)18)27-33-69(61)87;;;/h24-35,38-47,88-89H,23,36-37,48-49H2,1-22H3;2*1H3;/q;2*-1;. The minimum absolute atomic E-state index is 0. The van der Waals surface area contributed by atoms with Crippen LogP contribution in [0.2, 0.25) is 0 Å². The maximum Gasteiger partial charge on any atom is 0.147 e. The summed E-state index contributed by atoms with van der Waals surface area (Å²) in [5, 5.41) is 30.4. The van der Waals surface area contributed by atoms with E-state index in [9.17, 15) is 10.2 Å². The zero-order valence-corrected chi connectivity index (χ0v) is 64.7. The van der Waals surface area contributed by atoms with Crippen LogP contribution in [0.5, 0.6) is 23.0 Å². The fraction of sp³-hybridized carbons (Fsp3) is 0.412. The molecule has 10 aromatic rings. The van der Waals surface area contributed by atoms with Gasteiger partial charge in [-0.2, -0.15) is 0 Å². The van der Waals surface area contributed by atoms with E-state index in [4.69, 9.17) is 9.47 Å². The van der Waals surface area contributed by atoms with Gasteiger partial charge in [-0.3, -0.25) is 0 Å². The van der Waals surface area contributed by atoms with Gasteiger partial charge in [0, 0.05) is 76.1 Å². The average Bonchev–Trinajstić information content (AvgIpc) is 1.55. The van der Waals surface area contributed by atoms with Crippen LogP contribution in [0.15, 0.2) is 133 Å². The summed E-state index contributed by atoms with van der Waals surface area (Å²) in [4.78, 5) is 0. The van der Waals surface area contributed by atoms with Crippen molar-refractivity contribution in [2.45, 2.75) is 204 Å². The number of hydrogen-bond donors (Lipinski definition) is 2. The zero-order valence-electron chi connectivity index (χ0n) is 61.1. The third-order valence-corrected chi connectivity index (χ3v) is 18.4. The Balaban J connectivity index is 0.00000417. The van der Waals surface area contributed by atoms with Gasteiger partial charge in [-0.25, -0.2) is 8.78 Å². The van der Waals surface area contributed by atoms with Gasteiger partial charge >= 0.3 is 0 Å². The molecule has 0 saturated heterocycles. The topological polar surface area (TPSA) is 68.8 Å². The number of fused-ring (bicyclic) bond motifs is 6. The summed E-state index contributed by atoms with van der Waals surface area (Å²) < 4.78 is 49.6. The van der Waals surface area contributed by atoms with Gasteiger partial charge in [0.1, 0.15) is 34.6 Å². The Morgan fingerprint density at radius 3 is 0.872 bits per heavy atom. The molecule has 0 atom stereocenters. The third kappa shape index (κ3) is 15.3. The van der Waals surface area contributed by atoms with Gasteiger partial charge in [0.15, 0.2) is 0 Å². The second-order valence-electron chi connectivity index (χ2n) is 34.0. The van der Waals surface area contributed by atoms with E-state index in [2.05, 4.69) is 246 Å². The Bertz CT molecular complexity index is 4010. The van der Waals surface area contributed by atoms with Crippen molar-refractivity contribution in [2.24, 2.45) is 10.8 Å². The van der Waals surface area contributed by atoms with Gasteiger partial charge in [0.2, 0.25) is 0 Å². The fourth-order valence-electron chi connectivity index (χ4n) is 14.2. The molecule has 0 fully saturated rings. The van der Waals surface area contributed by atoms with E-state index in [0.29, 0.717) is 51.5 Å². The van der Waals surface area contributed by atoms with E-state index in [1.165, 1.54) is 46.5 Å². The fourth-order valence-corrected chi connectivity index (χ4v) is 14.2. The Kier molecular flexibility index (Phi) is 20.9. The molecule has 2 N–H and O–H groups in total. The van der Waals surface area contributed by atoms with E-state index in [0.717, 1.165) is 67.6 Å². The molecule has 2 heterocycles. The smallest absolute Gasteiger partial charge is 0.147 e. The number of nitrogens with zero attached hydrogens (tertiary/aromatic N) is 2. The molecular weight excluding hydrogens is 1330 g/mol. The summed E-state index contributed by atoms with van der Waals surface area (Å²) in [6, 6.07) is 43.9. The predicted octanol–water partition coefficient (Wildman–Crippen LogP) is 24.3. The molecule has 6 nitrogen and oxygen atoms in total. The van der Waals surface area contributed by atoms with Crippen molar-refractivity contribution in [1.29, 1.82) is 0 Å². The first kappa shape index (κ1) is 74.7. The maximum atomic E-state index is 15.9. The predicted molar refractivity (Wildman–Crippen MR) is 393 cm³/mol. The normalized spacial score (nSPS) is 12.9. The number of hydrogen-bond acceptors (Lipinski definition) is 4. The van der Waals surface area contributed by atoms with Crippen molar-refractivity contribution in [2.75, 3.05) is 13.2 Å². The summed E-state index contributed by atoms with van der Waals surface area (Å²) in [6.07, 6.45) is 2.06. The molecule has 2 aromatic heterocycles. The Morgan fingerprint density at radius 1 is 0.340 bits per heavy atom. The van der Waals surface area contributed by atoms with Gasteiger partial charge in [0.25, 0.3) is 0 Å². The van der Waals surface area contributed by atoms with Crippen LogP contribution in [0.3, 0.4) is 0 Å². The zero-order chi connectivity index (χ0) is 66.7. The SMILES string of the molecule is CC(C)(C)CC(C)(C)c1cc(-c2cc(F)ccc2OCCCOc2ccc(F)cc2-c2cc(C(C)(C)CC(C)(C)C)cc(-n3c4ccc(C(C)(C)C)cc4c4cc(C(C)(C)C)ccc43)c2O)c(O)c(-n2c3ccc(C(C)(C)C)cc3c3cc(C(C)(C)C)ccc32)c1.[CH3-].[CH3-].[Hf]. The molecule has 500 valence electrons. The Hall–Kier alpha value is -6.71. The largest absolute Gasteiger partial charge is 0.505 e. The molecule has 0 aliphatic rings. The van der Waals surface area contributed by atoms with E-state index in [1.807, 2.05) is 12.1 Å². The maximum absolute atomic E-state index is 15.9. The van der Waals surface area contributed by atoms with Gasteiger partial charge in [-0.05, 0) is 199 Å². The molecule has 0 radical (unpaired) electrons. The van der Waals surface area contributed by atoms with Crippen molar-refractivity contribution < 1.29 is 54.3 Å². The molecule has 0 amide bonds. The number of aromatic nitrogens is 2. The van der Waals surface area contributed by atoms with Crippen LogP contribution >= 0.6 is 0 Å². The summed E-state index contributed by atoms with van der Waals surface area (Å²) in [7, 11) is 0. The number of aromatic hydroxyl groups is 2. The van der Waals surface area contributed by atoms with E-state index in [-0.39, 0.29) is 109 Å². The molecular formula is C85H106F2HfN2O4-2. The first-order valence-corrected chi connectivity index (χ1v) is 32.8. The molecule has 94 heavy (non-hydrogen) atoms. The summed E-state index contributed by atoms with van der Waals surface area (Å²) in [5.41, 5.74) is 12.4. The molecule has 9 heteroatoms. The van der Waals surface area contributed by atoms with Crippen LogP contribution in [0.1, 0.15) is 205 Å². The first-order chi connectivity index (χ1) is 42.0. The van der Waals surface area contributed by atoms with Crippen LogP contribution < -0.4 is 9.47 Å². The van der Waals surface area contributed by atoms with Crippen LogP contribution in [-0.2, 0) is 58.3 Å². The van der Waals surface area contributed by atoms with Gasteiger partial charge < -0.3 is 43.7 Å². The number of halogens is 2. The van der Waals surface area contributed by atoms with Crippen LogP contribution in [0.4, 0.5) is 8.78 Å². The number of phenols is 2. The molecule has 0 aliphatic carbocycles. The Morgan fingerprint density at radius 2 is 0.617 bits per heavy atom. The summed E-state index contributed by atoms with van der Waals surface area (Å²) in [6.45, 7) is 49.5. The van der Waals surface area contributed by atoms with E-state index in [1.54, 1.807) is 12.1 Å². The van der Waals surface area contributed by atoms with Crippen LogP contribution in [0.25, 0.3) is 77.2 Å². The van der Waals surface area contributed by atoms with E-state index < -0.39 is 11.6 Å². The van der Waals surface area contributed by atoms with Gasteiger partial charge in [0.05, 0.1) is 46.7 Å². The summed E-state index contributed by atoms with van der Waals surface area (Å²) >= 11 is 0. The molecule has 0 bridgehead atoms. The number of benzene rings is 8. The monoisotopic (exact) mass is 1440 g/mol. The molecule has 8 aromatic carbocycles. The number of phenolic OH excluding ortho intramolecular Hbond substituents is 2. The summed E-state index contributed by atoms with van der Waals surface area (Å²) in [5.74, 6) is -0.0900. The Labute approximate surface area is 581 Å². The quantitative estimate of drug-likeness (QED) is 0.0647. The number of rotatable bonds is 14. The average molecular weight is 1440 g/mol. The first-order valence-electron chi connectivity index (χ1n) is 32.8. The molecule has 10 rings (SSSR count). The van der Waals surface area contributed by atoms with Crippen LogP contribution in [0, 0.1) is 37.3 Å². The molecule has 0 unspecified atom stereocenters. The van der Waals surface area contributed by atoms with Crippen molar-refractivity contribution in [1.82, 2.24) is 9.13 Å². The van der Waals surface area contributed by atoms with Crippen molar-refractivity contribution >= 4 is 43.6 Å². The van der Waals surface area contributed by atoms with Crippen molar-refractivity contribution in [3.05, 3.63) is 193 Å². The minimum atomic E-state index is -0.462. The minimum Gasteiger partial charge on any atom is -0.505 e.